The number of carbonyl (C=O) groups excluding carboxylic acids is 1. The molecule has 2 aliphatic rings. The van der Waals surface area contributed by atoms with Gasteiger partial charge in [0.15, 0.2) is 5.06 Å². The lowest BCUT2D eigenvalue weighted by Crippen LogP contribution is -2.50. The summed E-state index contributed by atoms with van der Waals surface area (Å²) >= 11 is 2.64. The lowest BCUT2D eigenvalue weighted by atomic mass is 9.88. The van der Waals surface area contributed by atoms with Crippen molar-refractivity contribution in [3.8, 4) is 21.3 Å². The number of alkyl halides is 2. The second-order valence-electron chi connectivity index (χ2n) is 7.38. The quantitative estimate of drug-likeness (QED) is 0.629. The van der Waals surface area contributed by atoms with Gasteiger partial charge in [0.05, 0.1) is 21.0 Å². The van der Waals surface area contributed by atoms with Crippen LogP contribution in [0.1, 0.15) is 39.3 Å². The van der Waals surface area contributed by atoms with E-state index in [1.165, 1.54) is 22.9 Å². The Bertz CT molecular complexity index is 1100. The normalized spacial score (nSPS) is 17.2. The number of amides is 1. The van der Waals surface area contributed by atoms with Crippen LogP contribution in [0, 0.1) is 6.92 Å². The van der Waals surface area contributed by atoms with Gasteiger partial charge in [-0.2, -0.15) is 0 Å². The highest BCUT2D eigenvalue weighted by Gasteiger charge is 2.46. The molecule has 150 valence electrons. The maximum atomic E-state index is 13.1. The molecule has 1 N–H and O–H groups in total. The van der Waals surface area contributed by atoms with Crippen molar-refractivity contribution in [2.75, 3.05) is 0 Å². The standard InChI is InChI=1S/C20H17F2N3O2S2/c1-10-14(3-2-6-23-10)27-19-15-13(5-4-11-9-24-29-16(11)15)17(28-19)18(26)25-12-7-20(21,22)8-12/h2-3,6,9,12H,4-5,7-8H2,1H3,(H,25,26). The molecule has 29 heavy (non-hydrogen) atoms. The molecule has 0 unspecified atom stereocenters. The minimum Gasteiger partial charge on any atom is -0.444 e. The van der Waals surface area contributed by atoms with E-state index in [9.17, 15) is 13.6 Å². The molecule has 0 spiro atoms. The highest BCUT2D eigenvalue weighted by atomic mass is 32.1. The summed E-state index contributed by atoms with van der Waals surface area (Å²) in [6, 6.07) is 3.15. The Morgan fingerprint density at radius 2 is 2.17 bits per heavy atom. The second kappa shape index (κ2) is 6.84. The summed E-state index contributed by atoms with van der Waals surface area (Å²) in [5.41, 5.74) is 3.69. The summed E-state index contributed by atoms with van der Waals surface area (Å²) in [5.74, 6) is -2.35. The van der Waals surface area contributed by atoms with Gasteiger partial charge in [-0.1, -0.05) is 11.3 Å². The third-order valence-corrected chi connectivity index (χ3v) is 7.25. The predicted molar refractivity (Wildman–Crippen MR) is 107 cm³/mol. The van der Waals surface area contributed by atoms with Crippen LogP contribution >= 0.6 is 22.9 Å². The number of aromatic nitrogens is 2. The predicted octanol–water partition coefficient (Wildman–Crippen LogP) is 4.99. The zero-order valence-electron chi connectivity index (χ0n) is 15.5. The van der Waals surface area contributed by atoms with E-state index in [1.54, 1.807) is 12.3 Å². The maximum absolute atomic E-state index is 13.1. The number of carbonyl (C=O) groups is 1. The first kappa shape index (κ1) is 18.6. The van der Waals surface area contributed by atoms with Crippen molar-refractivity contribution in [2.45, 2.75) is 44.6 Å². The average molecular weight is 434 g/mol. The smallest absolute Gasteiger partial charge is 0.262 e. The molecule has 0 saturated heterocycles. The molecule has 1 saturated carbocycles. The largest absolute Gasteiger partial charge is 0.444 e. The van der Waals surface area contributed by atoms with Crippen molar-refractivity contribution in [2.24, 2.45) is 0 Å². The lowest BCUT2D eigenvalue weighted by molar-refractivity contribution is -0.0901. The number of fused-ring (bicyclic) bond motifs is 3. The lowest BCUT2D eigenvalue weighted by Gasteiger charge is -2.35. The van der Waals surface area contributed by atoms with E-state index in [-0.39, 0.29) is 18.7 Å². The molecule has 0 atom stereocenters. The van der Waals surface area contributed by atoms with Crippen LogP contribution in [-0.4, -0.2) is 27.2 Å². The average Bonchev–Trinajstić information content (AvgIpc) is 3.26. The van der Waals surface area contributed by atoms with Crippen molar-refractivity contribution in [1.29, 1.82) is 0 Å². The Morgan fingerprint density at radius 3 is 2.93 bits per heavy atom. The summed E-state index contributed by atoms with van der Waals surface area (Å²) in [6.07, 6.45) is 4.43. The van der Waals surface area contributed by atoms with Crippen molar-refractivity contribution < 1.29 is 18.3 Å². The van der Waals surface area contributed by atoms with Crippen LogP contribution in [0.3, 0.4) is 0 Å². The summed E-state index contributed by atoms with van der Waals surface area (Å²) in [4.78, 5) is 18.7. The molecule has 2 aliphatic carbocycles. The van der Waals surface area contributed by atoms with Crippen molar-refractivity contribution in [3.05, 3.63) is 46.2 Å². The molecule has 1 fully saturated rings. The van der Waals surface area contributed by atoms with E-state index >= 15 is 0 Å². The fourth-order valence-electron chi connectivity index (χ4n) is 3.76. The molecule has 5 rings (SSSR count). The van der Waals surface area contributed by atoms with Gasteiger partial charge in [-0.25, -0.2) is 13.2 Å². The third kappa shape index (κ3) is 3.32. The molecule has 1 amide bonds. The fourth-order valence-corrected chi connectivity index (χ4v) is 5.81. The fraction of sp³-hybridized carbons (Fsp3) is 0.350. The number of rotatable bonds is 4. The zero-order chi connectivity index (χ0) is 20.2. The topological polar surface area (TPSA) is 64.1 Å². The zero-order valence-corrected chi connectivity index (χ0v) is 17.1. The van der Waals surface area contributed by atoms with E-state index in [0.29, 0.717) is 22.1 Å². The van der Waals surface area contributed by atoms with Gasteiger partial charge in [0, 0.05) is 31.3 Å². The number of nitrogens with one attached hydrogen (secondary N) is 1. The van der Waals surface area contributed by atoms with Crippen LogP contribution in [0.4, 0.5) is 8.78 Å². The number of thiophene rings is 1. The summed E-state index contributed by atoms with van der Waals surface area (Å²) in [6.45, 7) is 1.86. The van der Waals surface area contributed by atoms with Gasteiger partial charge in [-0.3, -0.25) is 9.78 Å². The van der Waals surface area contributed by atoms with E-state index < -0.39 is 12.0 Å². The van der Waals surface area contributed by atoms with Gasteiger partial charge in [0.2, 0.25) is 0 Å². The number of hydrogen-bond donors (Lipinski definition) is 1. The van der Waals surface area contributed by atoms with Gasteiger partial charge in [0.25, 0.3) is 11.8 Å². The molecule has 0 radical (unpaired) electrons. The first-order valence-electron chi connectivity index (χ1n) is 9.29. The number of aryl methyl sites for hydroxylation is 2. The summed E-state index contributed by atoms with van der Waals surface area (Å²) < 4.78 is 36.8. The molecule has 0 bridgehead atoms. The van der Waals surface area contributed by atoms with Crippen LogP contribution in [0.25, 0.3) is 10.4 Å². The Hall–Kier alpha value is -2.39. The van der Waals surface area contributed by atoms with Crippen LogP contribution in [0.15, 0.2) is 24.5 Å². The van der Waals surface area contributed by atoms with E-state index in [4.69, 9.17) is 4.74 Å². The Kier molecular flexibility index (Phi) is 4.40. The highest BCUT2D eigenvalue weighted by molar-refractivity contribution is 7.17. The van der Waals surface area contributed by atoms with Crippen LogP contribution in [0.2, 0.25) is 0 Å². The monoisotopic (exact) mass is 433 g/mol. The Balaban J connectivity index is 1.52. The maximum Gasteiger partial charge on any atom is 0.262 e. The molecule has 0 aliphatic heterocycles. The molecule has 0 aromatic carbocycles. The van der Waals surface area contributed by atoms with E-state index in [1.807, 2.05) is 19.2 Å². The number of pyridine rings is 1. The Labute approximate surface area is 173 Å². The first-order chi connectivity index (χ1) is 13.9. The molecular weight excluding hydrogens is 416 g/mol. The minimum atomic E-state index is -2.67. The van der Waals surface area contributed by atoms with Crippen LogP contribution in [-0.2, 0) is 12.8 Å². The summed E-state index contributed by atoms with van der Waals surface area (Å²) in [5, 5.41) is 3.37. The molecule has 3 aromatic rings. The highest BCUT2D eigenvalue weighted by Crippen LogP contribution is 2.50. The summed E-state index contributed by atoms with van der Waals surface area (Å²) in [7, 11) is 0. The molecule has 9 heteroatoms. The molecule has 5 nitrogen and oxygen atoms in total. The number of halogens is 2. The third-order valence-electron chi connectivity index (χ3n) is 5.28. The van der Waals surface area contributed by atoms with Gasteiger partial charge in [-0.05, 0) is 54.6 Å². The van der Waals surface area contributed by atoms with Crippen molar-refractivity contribution in [3.63, 3.8) is 0 Å². The van der Waals surface area contributed by atoms with E-state index in [0.717, 1.165) is 33.7 Å². The number of hydrogen-bond acceptors (Lipinski definition) is 6. The molecular formula is C20H17F2N3O2S2. The number of nitrogens with zero attached hydrogens (tertiary/aromatic N) is 2. The first-order valence-corrected chi connectivity index (χ1v) is 10.9. The molecule has 3 heterocycles. The van der Waals surface area contributed by atoms with E-state index in [2.05, 4.69) is 14.7 Å². The SMILES string of the molecule is Cc1ncccc1Oc1sc(C(=O)NC2CC(F)(F)C2)c2c1-c1sncc1CC2. The minimum absolute atomic E-state index is 0.302. The second-order valence-corrected chi connectivity index (χ2v) is 9.16. The van der Waals surface area contributed by atoms with Gasteiger partial charge < -0.3 is 10.1 Å². The van der Waals surface area contributed by atoms with Gasteiger partial charge >= 0.3 is 0 Å². The van der Waals surface area contributed by atoms with Crippen molar-refractivity contribution >= 4 is 28.8 Å². The van der Waals surface area contributed by atoms with Crippen LogP contribution < -0.4 is 10.1 Å². The van der Waals surface area contributed by atoms with Crippen molar-refractivity contribution in [1.82, 2.24) is 14.7 Å². The number of ether oxygens (including phenoxy) is 1. The Morgan fingerprint density at radius 1 is 1.34 bits per heavy atom. The molecule has 3 aromatic heterocycles. The van der Waals surface area contributed by atoms with Gasteiger partial charge in [0.1, 0.15) is 5.75 Å². The van der Waals surface area contributed by atoms with Gasteiger partial charge in [-0.15, -0.1) is 0 Å². The van der Waals surface area contributed by atoms with Crippen LogP contribution in [0.5, 0.6) is 10.8 Å².